The lowest BCUT2D eigenvalue weighted by Crippen LogP contribution is -2.65. The Bertz CT molecular complexity index is 879. The van der Waals surface area contributed by atoms with Crippen LogP contribution in [0.1, 0.15) is 32.1 Å². The average molecular weight is 450 g/mol. The van der Waals surface area contributed by atoms with Crippen LogP contribution >= 0.6 is 0 Å². The van der Waals surface area contributed by atoms with Crippen LogP contribution in [0.25, 0.3) is 0 Å². The van der Waals surface area contributed by atoms with Gasteiger partial charge in [0, 0.05) is 37.4 Å². The number of ether oxygens (including phenoxy) is 2. The molecule has 0 radical (unpaired) electrons. The second-order valence-electron chi connectivity index (χ2n) is 9.39. The number of quaternary nitrogens is 1. The molecule has 3 aliphatic rings. The molecule has 0 N–H and O–H groups in total. The second-order valence-corrected chi connectivity index (χ2v) is 9.39. The third-order valence-electron chi connectivity index (χ3n) is 7.16. The Balaban J connectivity index is 1.33. The minimum atomic E-state index is -0.213. The van der Waals surface area contributed by atoms with Gasteiger partial charge < -0.3 is 14.0 Å². The summed E-state index contributed by atoms with van der Waals surface area (Å²) in [4.78, 5) is 15.0. The highest BCUT2D eigenvalue weighted by molar-refractivity contribution is 5.87. The number of fused-ring (bicyclic) bond motifs is 3. The van der Waals surface area contributed by atoms with Crippen LogP contribution in [-0.2, 0) is 4.74 Å². The van der Waals surface area contributed by atoms with E-state index in [1.54, 1.807) is 4.90 Å². The van der Waals surface area contributed by atoms with Gasteiger partial charge in [-0.05, 0) is 37.1 Å². The van der Waals surface area contributed by atoms with Crippen molar-refractivity contribution >= 4 is 11.8 Å². The molecule has 2 aromatic carbocycles. The number of para-hydroxylation sites is 2. The molecule has 3 fully saturated rings. The van der Waals surface area contributed by atoms with Gasteiger partial charge in [0.25, 0.3) is 0 Å². The molecular weight excluding hydrogens is 412 g/mol. The quantitative estimate of drug-likeness (QED) is 0.252. The van der Waals surface area contributed by atoms with Crippen molar-refractivity contribution < 1.29 is 18.8 Å². The van der Waals surface area contributed by atoms with Crippen molar-refractivity contribution in [3.8, 4) is 5.75 Å². The number of rotatable bonds is 11. The second kappa shape index (κ2) is 11.4. The minimum Gasteiger partial charge on any atom is -0.493 e. The van der Waals surface area contributed by atoms with Crippen molar-refractivity contribution in [1.82, 2.24) is 0 Å². The molecule has 0 aliphatic carbocycles. The van der Waals surface area contributed by atoms with E-state index in [0.29, 0.717) is 12.5 Å². The predicted octanol–water partition coefficient (Wildman–Crippen LogP) is 5.67. The van der Waals surface area contributed by atoms with Crippen molar-refractivity contribution in [3.05, 3.63) is 73.3 Å². The summed E-state index contributed by atoms with van der Waals surface area (Å²) in [6.07, 6.45) is 6.74. The lowest BCUT2D eigenvalue weighted by molar-refractivity contribution is -0.946. The van der Waals surface area contributed by atoms with E-state index in [2.05, 4.69) is 6.58 Å². The fourth-order valence-corrected chi connectivity index (χ4v) is 5.30. The number of hydrogen-bond acceptors (Lipinski definition) is 3. The largest absolute Gasteiger partial charge is 0.493 e. The standard InChI is InChI=1S/C28H37N2O3/c1-2-3-10-18-29(25-12-6-4-7-13-25)28(31)33-27-23-30(20-16-24(27)17-21-30)19-11-22-32-26-14-8-5-9-15-26/h2,4-9,12-15,24,27H,1,3,10-11,16-23H2/q+1/t24?,27-,30?/m0/s1. The number of carbonyl (C=O) groups is 1. The van der Waals surface area contributed by atoms with Gasteiger partial charge in [0.1, 0.15) is 12.3 Å². The third-order valence-corrected chi connectivity index (χ3v) is 7.16. The van der Waals surface area contributed by atoms with E-state index in [9.17, 15) is 4.79 Å². The summed E-state index contributed by atoms with van der Waals surface area (Å²) in [7, 11) is 0. The first-order valence-electron chi connectivity index (χ1n) is 12.4. The fourth-order valence-electron chi connectivity index (χ4n) is 5.30. The molecule has 3 aliphatic heterocycles. The number of nitrogens with zero attached hydrogens (tertiary/aromatic N) is 2. The van der Waals surface area contributed by atoms with Gasteiger partial charge in [-0.2, -0.15) is 0 Å². The van der Waals surface area contributed by atoms with E-state index in [1.165, 1.54) is 13.1 Å². The number of amides is 1. The van der Waals surface area contributed by atoms with Gasteiger partial charge in [-0.25, -0.2) is 4.79 Å². The highest BCUT2D eigenvalue weighted by Crippen LogP contribution is 2.36. The molecule has 1 atom stereocenters. The molecular formula is C28H37N2O3+. The minimum absolute atomic E-state index is 0.000610. The number of anilines is 1. The molecule has 1 amide bonds. The van der Waals surface area contributed by atoms with Gasteiger partial charge in [-0.1, -0.05) is 42.5 Å². The number of piperidine rings is 3. The summed E-state index contributed by atoms with van der Waals surface area (Å²) in [5.74, 6) is 1.42. The van der Waals surface area contributed by atoms with Crippen LogP contribution in [0, 0.1) is 5.92 Å². The average Bonchev–Trinajstić information content (AvgIpc) is 2.86. The number of carbonyl (C=O) groups excluding carboxylic acids is 1. The first kappa shape index (κ1) is 23.4. The predicted molar refractivity (Wildman–Crippen MR) is 132 cm³/mol. The maximum atomic E-state index is 13.3. The Labute approximate surface area is 198 Å². The Morgan fingerprint density at radius 3 is 2.42 bits per heavy atom. The van der Waals surface area contributed by atoms with E-state index in [1.807, 2.05) is 66.7 Å². The Hall–Kier alpha value is -2.79. The molecule has 5 heteroatoms. The zero-order valence-corrected chi connectivity index (χ0v) is 19.6. The lowest BCUT2D eigenvalue weighted by Gasteiger charge is -2.52. The summed E-state index contributed by atoms with van der Waals surface area (Å²) in [5, 5.41) is 0. The molecule has 176 valence electrons. The molecule has 0 saturated carbocycles. The van der Waals surface area contributed by atoms with Gasteiger partial charge in [0.05, 0.1) is 26.2 Å². The zero-order chi connectivity index (χ0) is 22.9. The molecule has 3 saturated heterocycles. The van der Waals surface area contributed by atoms with Crippen LogP contribution in [0.4, 0.5) is 10.5 Å². The summed E-state index contributed by atoms with van der Waals surface area (Å²) >= 11 is 0. The Morgan fingerprint density at radius 2 is 1.73 bits per heavy atom. The molecule has 33 heavy (non-hydrogen) atoms. The van der Waals surface area contributed by atoms with E-state index in [-0.39, 0.29) is 12.2 Å². The van der Waals surface area contributed by atoms with Crippen LogP contribution < -0.4 is 9.64 Å². The summed E-state index contributed by atoms with van der Waals surface area (Å²) in [5.41, 5.74) is 0.898. The first-order chi connectivity index (χ1) is 16.2. The van der Waals surface area contributed by atoms with Gasteiger partial charge >= 0.3 is 6.09 Å². The summed E-state index contributed by atoms with van der Waals surface area (Å²) in [6.45, 7) is 9.55. The van der Waals surface area contributed by atoms with Gasteiger partial charge in [-0.15, -0.1) is 6.58 Å². The molecule has 3 heterocycles. The van der Waals surface area contributed by atoms with E-state index in [4.69, 9.17) is 9.47 Å². The smallest absolute Gasteiger partial charge is 0.414 e. The molecule has 0 unspecified atom stereocenters. The van der Waals surface area contributed by atoms with E-state index in [0.717, 1.165) is 67.7 Å². The topological polar surface area (TPSA) is 38.8 Å². The molecule has 0 spiro atoms. The third kappa shape index (κ3) is 6.17. The van der Waals surface area contributed by atoms with Crippen LogP contribution in [0.5, 0.6) is 5.75 Å². The monoisotopic (exact) mass is 449 g/mol. The maximum Gasteiger partial charge on any atom is 0.414 e. The summed E-state index contributed by atoms with van der Waals surface area (Å²) < 4.78 is 13.1. The number of hydrogen-bond donors (Lipinski definition) is 0. The van der Waals surface area contributed by atoms with Gasteiger partial charge in [-0.3, -0.25) is 4.90 Å². The number of unbranched alkanes of at least 4 members (excludes halogenated alkanes) is 1. The molecule has 2 bridgehead atoms. The van der Waals surface area contributed by atoms with Gasteiger partial charge in [0.15, 0.2) is 6.10 Å². The van der Waals surface area contributed by atoms with Crippen molar-refractivity contribution in [2.45, 2.75) is 38.2 Å². The van der Waals surface area contributed by atoms with Crippen LogP contribution in [0.15, 0.2) is 73.3 Å². The van der Waals surface area contributed by atoms with Crippen LogP contribution in [-0.4, -0.2) is 56.0 Å². The molecule has 2 aromatic rings. The molecule has 0 aromatic heterocycles. The van der Waals surface area contributed by atoms with Crippen molar-refractivity contribution in [2.75, 3.05) is 44.2 Å². The van der Waals surface area contributed by atoms with E-state index >= 15 is 0 Å². The fraction of sp³-hybridized carbons (Fsp3) is 0.464. The number of benzene rings is 2. The van der Waals surface area contributed by atoms with Crippen molar-refractivity contribution in [1.29, 1.82) is 0 Å². The lowest BCUT2D eigenvalue weighted by atomic mass is 9.83. The highest BCUT2D eigenvalue weighted by atomic mass is 16.6. The Morgan fingerprint density at radius 1 is 1.03 bits per heavy atom. The molecule has 5 nitrogen and oxygen atoms in total. The van der Waals surface area contributed by atoms with Crippen molar-refractivity contribution in [3.63, 3.8) is 0 Å². The summed E-state index contributed by atoms with van der Waals surface area (Å²) in [6, 6.07) is 19.9. The highest BCUT2D eigenvalue weighted by Gasteiger charge is 2.47. The van der Waals surface area contributed by atoms with Gasteiger partial charge in [0.2, 0.25) is 0 Å². The maximum absolute atomic E-state index is 13.3. The Kier molecular flexibility index (Phi) is 8.05. The van der Waals surface area contributed by atoms with Crippen molar-refractivity contribution in [2.24, 2.45) is 5.92 Å². The molecule has 5 rings (SSSR count). The SMILES string of the molecule is C=CCCCN(C(=O)O[C@H]1C[N+]2(CCCOc3ccccc3)CCC1CC2)c1ccccc1. The van der Waals surface area contributed by atoms with Crippen LogP contribution in [0.3, 0.4) is 0 Å². The number of allylic oxidation sites excluding steroid dienone is 1. The zero-order valence-electron chi connectivity index (χ0n) is 19.6. The normalized spacial score (nSPS) is 23.6. The van der Waals surface area contributed by atoms with E-state index < -0.39 is 0 Å². The first-order valence-corrected chi connectivity index (χ1v) is 12.4. The van der Waals surface area contributed by atoms with Crippen LogP contribution in [0.2, 0.25) is 0 Å².